The van der Waals surface area contributed by atoms with Crippen molar-refractivity contribution in [1.29, 1.82) is 0 Å². The minimum Gasteiger partial charge on any atom is -0.497 e. The van der Waals surface area contributed by atoms with Gasteiger partial charge >= 0.3 is 0 Å². The maximum atomic E-state index is 13.9. The fraction of sp³-hybridized carbons (Fsp3) is 0.200. The summed E-state index contributed by atoms with van der Waals surface area (Å²) in [5, 5.41) is 0.481. The number of aryl methyl sites for hydroxylation is 2. The van der Waals surface area contributed by atoms with Crippen LogP contribution in [0, 0.1) is 13.8 Å². The zero-order valence-electron chi connectivity index (χ0n) is 20.5. The largest absolute Gasteiger partial charge is 0.497 e. The van der Waals surface area contributed by atoms with Gasteiger partial charge in [0.05, 0.1) is 24.1 Å². The number of carbonyl (C=O) groups is 1. The second-order valence-corrected chi connectivity index (χ2v) is 8.99. The van der Waals surface area contributed by atoms with E-state index in [0.717, 1.165) is 28.0 Å². The Labute approximate surface area is 209 Å². The fourth-order valence-electron chi connectivity index (χ4n) is 4.84. The van der Waals surface area contributed by atoms with Crippen molar-refractivity contribution in [3.63, 3.8) is 0 Å². The molecule has 4 aromatic rings. The van der Waals surface area contributed by atoms with Gasteiger partial charge < -0.3 is 18.8 Å². The molecule has 2 heterocycles. The number of ether oxygens (including phenoxy) is 2. The van der Waals surface area contributed by atoms with Crippen LogP contribution in [0.3, 0.4) is 0 Å². The number of rotatable bonds is 7. The van der Waals surface area contributed by atoms with E-state index in [9.17, 15) is 9.59 Å². The van der Waals surface area contributed by atoms with Crippen molar-refractivity contribution in [3.05, 3.63) is 117 Å². The lowest BCUT2D eigenvalue weighted by molar-refractivity contribution is 0.0714. The molecule has 6 heteroatoms. The Bertz CT molecular complexity index is 1530. The van der Waals surface area contributed by atoms with Gasteiger partial charge in [-0.25, -0.2) is 0 Å². The van der Waals surface area contributed by atoms with E-state index in [2.05, 4.69) is 6.58 Å². The van der Waals surface area contributed by atoms with Crippen LogP contribution in [0.5, 0.6) is 11.5 Å². The van der Waals surface area contributed by atoms with Crippen molar-refractivity contribution in [2.45, 2.75) is 26.4 Å². The SMILES string of the molecule is C=CCOc1cccc(C2c3c(oc4c(C)cc(C)cc4c3=O)C(=O)N2Cc2ccc(OC)cc2)c1. The maximum Gasteiger partial charge on any atom is 0.291 e. The molecule has 5 rings (SSSR count). The summed E-state index contributed by atoms with van der Waals surface area (Å²) in [5.74, 6) is 1.14. The Hall–Kier alpha value is -4.32. The van der Waals surface area contributed by atoms with Gasteiger partial charge in [-0.15, -0.1) is 0 Å². The van der Waals surface area contributed by atoms with Crippen molar-refractivity contribution in [1.82, 2.24) is 4.90 Å². The topological polar surface area (TPSA) is 69.0 Å². The molecule has 1 aromatic heterocycles. The summed E-state index contributed by atoms with van der Waals surface area (Å²) >= 11 is 0. The van der Waals surface area contributed by atoms with E-state index >= 15 is 0 Å². The second-order valence-electron chi connectivity index (χ2n) is 8.99. The van der Waals surface area contributed by atoms with Crippen LogP contribution in [0.4, 0.5) is 0 Å². The maximum absolute atomic E-state index is 13.9. The molecule has 0 fully saturated rings. The molecule has 0 N–H and O–H groups in total. The lowest BCUT2D eigenvalue weighted by Gasteiger charge is -2.25. The Morgan fingerprint density at radius 2 is 1.81 bits per heavy atom. The molecule has 6 nitrogen and oxygen atoms in total. The monoisotopic (exact) mass is 481 g/mol. The van der Waals surface area contributed by atoms with Crippen molar-refractivity contribution in [2.24, 2.45) is 0 Å². The van der Waals surface area contributed by atoms with Crippen molar-refractivity contribution in [3.8, 4) is 11.5 Å². The molecule has 1 atom stereocenters. The van der Waals surface area contributed by atoms with Gasteiger partial charge in [-0.3, -0.25) is 9.59 Å². The van der Waals surface area contributed by atoms with Crippen molar-refractivity contribution in [2.75, 3.05) is 13.7 Å². The average molecular weight is 482 g/mol. The molecule has 182 valence electrons. The molecule has 3 aromatic carbocycles. The number of hydrogen-bond acceptors (Lipinski definition) is 5. The zero-order valence-corrected chi connectivity index (χ0v) is 20.5. The molecule has 36 heavy (non-hydrogen) atoms. The van der Waals surface area contributed by atoms with E-state index in [4.69, 9.17) is 13.9 Å². The summed E-state index contributed by atoms with van der Waals surface area (Å²) < 4.78 is 17.2. The first-order chi connectivity index (χ1) is 17.4. The summed E-state index contributed by atoms with van der Waals surface area (Å²) in [7, 11) is 1.61. The smallest absolute Gasteiger partial charge is 0.291 e. The third-order valence-electron chi connectivity index (χ3n) is 6.45. The lowest BCUT2D eigenvalue weighted by atomic mass is 9.97. The zero-order chi connectivity index (χ0) is 25.4. The van der Waals surface area contributed by atoms with E-state index in [0.29, 0.717) is 35.4 Å². The van der Waals surface area contributed by atoms with Gasteiger partial charge in [0.25, 0.3) is 5.91 Å². The number of amides is 1. The molecule has 0 bridgehead atoms. The molecule has 1 aliphatic heterocycles. The molecule has 0 saturated heterocycles. The van der Waals surface area contributed by atoms with E-state index in [1.807, 2.05) is 74.5 Å². The first kappa shape index (κ1) is 23.4. The molecule has 1 unspecified atom stereocenters. The Kier molecular flexibility index (Phi) is 6.10. The highest BCUT2D eigenvalue weighted by Gasteiger charge is 2.43. The summed E-state index contributed by atoms with van der Waals surface area (Å²) in [6, 6.07) is 18.1. The average Bonchev–Trinajstić information content (AvgIpc) is 3.15. The van der Waals surface area contributed by atoms with Crippen LogP contribution >= 0.6 is 0 Å². The number of hydrogen-bond donors (Lipinski definition) is 0. The van der Waals surface area contributed by atoms with Gasteiger partial charge in [0.2, 0.25) is 5.76 Å². The normalized spacial score (nSPS) is 14.7. The van der Waals surface area contributed by atoms with Gasteiger partial charge in [-0.2, -0.15) is 0 Å². The van der Waals surface area contributed by atoms with E-state index in [-0.39, 0.29) is 17.1 Å². The quantitative estimate of drug-likeness (QED) is 0.316. The van der Waals surface area contributed by atoms with Crippen LogP contribution in [-0.2, 0) is 6.54 Å². The third-order valence-corrected chi connectivity index (χ3v) is 6.45. The van der Waals surface area contributed by atoms with Gasteiger partial charge in [-0.1, -0.05) is 43.0 Å². The number of methoxy groups -OCH3 is 1. The lowest BCUT2D eigenvalue weighted by Crippen LogP contribution is -2.29. The minimum atomic E-state index is -0.622. The van der Waals surface area contributed by atoms with Crippen LogP contribution < -0.4 is 14.9 Å². The van der Waals surface area contributed by atoms with Crippen LogP contribution in [0.15, 0.2) is 82.5 Å². The number of fused-ring (bicyclic) bond motifs is 2. The second kappa shape index (κ2) is 9.38. The van der Waals surface area contributed by atoms with Crippen LogP contribution in [0.1, 0.15) is 44.4 Å². The molecule has 0 saturated carbocycles. The molecule has 0 spiro atoms. The third kappa shape index (κ3) is 4.05. The standard InChI is InChI=1S/C30H27NO5/c1-5-13-35-23-8-6-7-21(16-23)26-25-27(32)24-15-18(2)14-19(3)28(24)36-29(25)30(33)31(26)17-20-9-11-22(34-4)12-10-20/h5-12,14-16,26H,1,13,17H2,2-4H3. The molecule has 0 aliphatic carbocycles. The summed E-state index contributed by atoms with van der Waals surface area (Å²) in [6.45, 7) is 8.18. The predicted molar refractivity (Wildman–Crippen MR) is 139 cm³/mol. The van der Waals surface area contributed by atoms with E-state index in [1.165, 1.54) is 0 Å². The van der Waals surface area contributed by atoms with Crippen LogP contribution in [0.2, 0.25) is 0 Å². The first-order valence-corrected chi connectivity index (χ1v) is 11.8. The van der Waals surface area contributed by atoms with Gasteiger partial charge in [0.1, 0.15) is 23.7 Å². The van der Waals surface area contributed by atoms with E-state index in [1.54, 1.807) is 18.1 Å². The highest BCUT2D eigenvalue weighted by Crippen LogP contribution is 2.40. The number of nitrogens with zero attached hydrogens (tertiary/aromatic N) is 1. The fourth-order valence-corrected chi connectivity index (χ4v) is 4.84. The summed E-state index contributed by atoms with van der Waals surface area (Å²) in [4.78, 5) is 29.3. The van der Waals surface area contributed by atoms with Crippen molar-refractivity contribution < 1.29 is 18.7 Å². The number of carbonyl (C=O) groups excluding carboxylic acids is 1. The van der Waals surface area contributed by atoms with Gasteiger partial charge in [-0.05, 0) is 66.4 Å². The number of benzene rings is 3. The molecular weight excluding hydrogens is 454 g/mol. The van der Waals surface area contributed by atoms with Crippen LogP contribution in [-0.4, -0.2) is 24.5 Å². The Balaban J connectivity index is 1.69. The molecule has 0 radical (unpaired) electrons. The summed E-state index contributed by atoms with van der Waals surface area (Å²) in [6.07, 6.45) is 1.67. The molecular formula is C30H27NO5. The van der Waals surface area contributed by atoms with E-state index < -0.39 is 6.04 Å². The molecule has 1 aliphatic rings. The minimum absolute atomic E-state index is 0.0929. The first-order valence-electron chi connectivity index (χ1n) is 11.8. The Morgan fingerprint density at radius 1 is 1.03 bits per heavy atom. The van der Waals surface area contributed by atoms with Crippen molar-refractivity contribution >= 4 is 16.9 Å². The summed E-state index contributed by atoms with van der Waals surface area (Å²) in [5.41, 5.74) is 4.08. The highest BCUT2D eigenvalue weighted by atomic mass is 16.5. The Morgan fingerprint density at radius 3 is 2.53 bits per heavy atom. The van der Waals surface area contributed by atoms with Gasteiger partial charge in [0.15, 0.2) is 5.43 Å². The predicted octanol–water partition coefficient (Wildman–Crippen LogP) is 5.73. The van der Waals surface area contributed by atoms with Gasteiger partial charge in [0, 0.05) is 6.54 Å². The highest BCUT2D eigenvalue weighted by molar-refractivity contribution is 5.99. The molecule has 1 amide bonds. The van der Waals surface area contributed by atoms with Crippen LogP contribution in [0.25, 0.3) is 11.0 Å².